The third-order valence-corrected chi connectivity index (χ3v) is 4.83. The van der Waals surface area contributed by atoms with Gasteiger partial charge in [0.1, 0.15) is 0 Å². The monoisotopic (exact) mass is 281 g/mol. The molecule has 1 aliphatic heterocycles. The van der Waals surface area contributed by atoms with E-state index in [1.54, 1.807) is 0 Å². The van der Waals surface area contributed by atoms with E-state index in [0.29, 0.717) is 12.0 Å². The van der Waals surface area contributed by atoms with Gasteiger partial charge in [0.05, 0.1) is 5.60 Å². The Morgan fingerprint density at radius 1 is 1.16 bits per heavy atom. The summed E-state index contributed by atoms with van der Waals surface area (Å²) in [6, 6.07) is 9.12. The molecule has 1 saturated heterocycles. The van der Waals surface area contributed by atoms with Crippen LogP contribution in [0, 0.1) is 12.8 Å². The number of rotatable bonds is 1. The van der Waals surface area contributed by atoms with E-state index in [9.17, 15) is 5.11 Å². The van der Waals surface area contributed by atoms with Crippen molar-refractivity contribution in [3.63, 3.8) is 0 Å². The molecule has 0 bridgehead atoms. The second-order valence-corrected chi connectivity index (χ2v) is 6.05. The molecule has 1 saturated carbocycles. The summed E-state index contributed by atoms with van der Waals surface area (Å²) < 4.78 is 0. The molecule has 3 atom stereocenters. The van der Waals surface area contributed by atoms with Crippen molar-refractivity contribution in [2.24, 2.45) is 5.92 Å². The van der Waals surface area contributed by atoms with E-state index < -0.39 is 5.60 Å². The van der Waals surface area contributed by atoms with Crippen molar-refractivity contribution >= 4 is 12.4 Å². The maximum atomic E-state index is 10.8. The van der Waals surface area contributed by atoms with Gasteiger partial charge in [-0.15, -0.1) is 12.4 Å². The standard InChI is InChI=1S/C16H23NO.ClH/c1-12-5-7-13(8-6-12)15-14-4-2-3-9-16(14,18)10-11-17-15;/h5-8,14-15,17-18H,2-4,9-11H2,1H3;1H/t14?,15-,16?;/m0./s1. The third-order valence-electron chi connectivity index (χ3n) is 4.83. The van der Waals surface area contributed by atoms with Gasteiger partial charge in [0.2, 0.25) is 0 Å². The molecule has 106 valence electrons. The highest BCUT2D eigenvalue weighted by molar-refractivity contribution is 5.85. The molecule has 1 aromatic carbocycles. The zero-order valence-corrected chi connectivity index (χ0v) is 12.4. The lowest BCUT2D eigenvalue weighted by Crippen LogP contribution is -2.53. The summed E-state index contributed by atoms with van der Waals surface area (Å²) in [6.07, 6.45) is 5.51. The van der Waals surface area contributed by atoms with E-state index in [1.165, 1.54) is 24.0 Å². The number of aliphatic hydroxyl groups is 1. The Hall–Kier alpha value is -0.570. The number of aryl methyl sites for hydroxylation is 1. The fourth-order valence-electron chi connectivity index (χ4n) is 3.75. The SMILES string of the molecule is Cc1ccc([C@@H]2NCCC3(O)CCCCC23)cc1.Cl. The molecular weight excluding hydrogens is 258 g/mol. The average Bonchev–Trinajstić information content (AvgIpc) is 2.38. The first-order valence-corrected chi connectivity index (χ1v) is 7.21. The van der Waals surface area contributed by atoms with Crippen LogP contribution in [0.3, 0.4) is 0 Å². The zero-order chi connectivity index (χ0) is 12.6. The van der Waals surface area contributed by atoms with Crippen molar-refractivity contribution in [1.29, 1.82) is 0 Å². The number of nitrogens with one attached hydrogen (secondary N) is 1. The summed E-state index contributed by atoms with van der Waals surface area (Å²) in [4.78, 5) is 0. The van der Waals surface area contributed by atoms with Crippen molar-refractivity contribution in [2.75, 3.05) is 6.54 Å². The average molecular weight is 282 g/mol. The second-order valence-electron chi connectivity index (χ2n) is 6.05. The molecule has 1 heterocycles. The first-order chi connectivity index (χ1) is 8.69. The lowest BCUT2D eigenvalue weighted by Gasteiger charge is -2.48. The van der Waals surface area contributed by atoms with Gasteiger partial charge in [-0.1, -0.05) is 42.7 Å². The van der Waals surface area contributed by atoms with E-state index in [2.05, 4.69) is 36.5 Å². The number of hydrogen-bond acceptors (Lipinski definition) is 2. The van der Waals surface area contributed by atoms with Gasteiger partial charge in [-0.25, -0.2) is 0 Å². The summed E-state index contributed by atoms with van der Waals surface area (Å²) in [6.45, 7) is 3.06. The summed E-state index contributed by atoms with van der Waals surface area (Å²) in [5.41, 5.74) is 2.22. The first kappa shape index (κ1) is 14.8. The molecule has 2 fully saturated rings. The van der Waals surface area contributed by atoms with Gasteiger partial charge in [0, 0.05) is 12.0 Å². The van der Waals surface area contributed by atoms with Crippen LogP contribution in [0.4, 0.5) is 0 Å². The van der Waals surface area contributed by atoms with Crippen molar-refractivity contribution in [1.82, 2.24) is 5.32 Å². The Morgan fingerprint density at radius 3 is 2.63 bits per heavy atom. The number of piperidine rings is 1. The Labute approximate surface area is 122 Å². The smallest absolute Gasteiger partial charge is 0.0706 e. The summed E-state index contributed by atoms with van der Waals surface area (Å²) in [7, 11) is 0. The summed E-state index contributed by atoms with van der Waals surface area (Å²) in [5.74, 6) is 0.391. The highest BCUT2D eigenvalue weighted by Crippen LogP contribution is 2.45. The molecule has 0 radical (unpaired) electrons. The summed E-state index contributed by atoms with van der Waals surface area (Å²) in [5, 5.41) is 14.5. The van der Waals surface area contributed by atoms with Crippen LogP contribution < -0.4 is 5.32 Å². The number of halogens is 1. The van der Waals surface area contributed by atoms with E-state index in [1.807, 2.05) is 0 Å². The molecule has 3 rings (SSSR count). The first-order valence-electron chi connectivity index (χ1n) is 7.21. The van der Waals surface area contributed by atoms with Crippen LogP contribution in [0.5, 0.6) is 0 Å². The number of benzene rings is 1. The minimum atomic E-state index is -0.418. The maximum Gasteiger partial charge on any atom is 0.0706 e. The van der Waals surface area contributed by atoms with E-state index in [-0.39, 0.29) is 12.4 Å². The molecule has 1 aromatic rings. The van der Waals surface area contributed by atoms with Crippen LogP contribution in [0.25, 0.3) is 0 Å². The third kappa shape index (κ3) is 2.81. The molecule has 0 amide bonds. The second kappa shape index (κ2) is 5.82. The van der Waals surface area contributed by atoms with E-state index in [4.69, 9.17) is 0 Å². The number of hydrogen-bond donors (Lipinski definition) is 2. The molecule has 0 spiro atoms. The fourth-order valence-corrected chi connectivity index (χ4v) is 3.75. The Balaban J connectivity index is 0.00000133. The maximum absolute atomic E-state index is 10.8. The van der Waals surface area contributed by atoms with Crippen LogP contribution in [-0.2, 0) is 0 Å². The highest BCUT2D eigenvalue weighted by atomic mass is 35.5. The molecule has 2 N–H and O–H groups in total. The Bertz CT molecular complexity index is 415. The topological polar surface area (TPSA) is 32.3 Å². The predicted molar refractivity (Wildman–Crippen MR) is 80.7 cm³/mol. The normalized spacial score (nSPS) is 34.2. The van der Waals surface area contributed by atoms with Crippen LogP contribution in [0.2, 0.25) is 0 Å². The van der Waals surface area contributed by atoms with Gasteiger partial charge in [0.15, 0.2) is 0 Å². The van der Waals surface area contributed by atoms with Crippen LogP contribution >= 0.6 is 12.4 Å². The number of fused-ring (bicyclic) bond motifs is 1. The Kier molecular flexibility index (Phi) is 4.54. The van der Waals surface area contributed by atoms with E-state index in [0.717, 1.165) is 25.8 Å². The van der Waals surface area contributed by atoms with Gasteiger partial charge in [-0.3, -0.25) is 0 Å². The molecule has 2 aliphatic rings. The van der Waals surface area contributed by atoms with Crippen molar-refractivity contribution in [3.05, 3.63) is 35.4 Å². The van der Waals surface area contributed by atoms with Crippen molar-refractivity contribution < 1.29 is 5.11 Å². The van der Waals surface area contributed by atoms with E-state index >= 15 is 0 Å². The molecule has 19 heavy (non-hydrogen) atoms. The van der Waals surface area contributed by atoms with Crippen molar-refractivity contribution in [2.45, 2.75) is 50.7 Å². The van der Waals surface area contributed by atoms with Crippen LogP contribution in [-0.4, -0.2) is 17.3 Å². The molecular formula is C16H24ClNO. The lowest BCUT2D eigenvalue weighted by molar-refractivity contribution is -0.0861. The Morgan fingerprint density at radius 2 is 1.89 bits per heavy atom. The molecule has 2 nitrogen and oxygen atoms in total. The largest absolute Gasteiger partial charge is 0.389 e. The summed E-state index contributed by atoms with van der Waals surface area (Å²) >= 11 is 0. The quantitative estimate of drug-likeness (QED) is 0.827. The van der Waals surface area contributed by atoms with Crippen molar-refractivity contribution in [3.8, 4) is 0 Å². The van der Waals surface area contributed by atoms with Gasteiger partial charge < -0.3 is 10.4 Å². The van der Waals surface area contributed by atoms with Gasteiger partial charge in [-0.2, -0.15) is 0 Å². The predicted octanol–water partition coefficient (Wildman–Crippen LogP) is 3.37. The highest BCUT2D eigenvalue weighted by Gasteiger charge is 2.45. The lowest BCUT2D eigenvalue weighted by atomic mass is 9.67. The zero-order valence-electron chi connectivity index (χ0n) is 11.6. The molecule has 3 heteroatoms. The molecule has 1 aliphatic carbocycles. The minimum Gasteiger partial charge on any atom is -0.389 e. The van der Waals surface area contributed by atoms with Crippen LogP contribution in [0.1, 0.15) is 49.3 Å². The molecule has 0 aromatic heterocycles. The van der Waals surface area contributed by atoms with Gasteiger partial charge in [-0.05, 0) is 38.3 Å². The van der Waals surface area contributed by atoms with Gasteiger partial charge >= 0.3 is 0 Å². The fraction of sp³-hybridized carbons (Fsp3) is 0.625. The van der Waals surface area contributed by atoms with Gasteiger partial charge in [0.25, 0.3) is 0 Å². The van der Waals surface area contributed by atoms with Crippen LogP contribution in [0.15, 0.2) is 24.3 Å². The minimum absolute atomic E-state index is 0. The molecule has 2 unspecified atom stereocenters.